The van der Waals surface area contributed by atoms with Crippen LogP contribution < -0.4 is 0 Å². The number of allylic oxidation sites excluding steroid dienone is 1. The van der Waals surface area contributed by atoms with Gasteiger partial charge < -0.3 is 0 Å². The van der Waals surface area contributed by atoms with Gasteiger partial charge in [-0.05, 0) is 38.3 Å². The second kappa shape index (κ2) is 8.44. The van der Waals surface area contributed by atoms with E-state index in [4.69, 9.17) is 11.6 Å². The number of rotatable bonds is 8. The summed E-state index contributed by atoms with van der Waals surface area (Å²) in [6.07, 6.45) is 2.97. The summed E-state index contributed by atoms with van der Waals surface area (Å²) in [5.74, 6) is -0.142. The molecule has 0 heterocycles. The van der Waals surface area contributed by atoms with Crippen LogP contribution in [0.3, 0.4) is 0 Å². The topological polar surface area (TPSA) is 77.3 Å². The SMILES string of the molecule is CC(=O)C(=Cc1ccc(C)c([N+](=O)[O-])c1)C(=O)CCCCCl. The molecule has 6 heteroatoms. The van der Waals surface area contributed by atoms with E-state index in [0.717, 1.165) is 0 Å². The van der Waals surface area contributed by atoms with E-state index in [2.05, 4.69) is 0 Å². The number of nitro groups is 1. The summed E-state index contributed by atoms with van der Waals surface area (Å²) in [7, 11) is 0. The van der Waals surface area contributed by atoms with Gasteiger partial charge in [0.25, 0.3) is 5.69 Å². The van der Waals surface area contributed by atoms with E-state index in [-0.39, 0.29) is 29.2 Å². The number of alkyl halides is 1. The van der Waals surface area contributed by atoms with E-state index in [9.17, 15) is 19.7 Å². The molecule has 0 saturated heterocycles. The van der Waals surface area contributed by atoms with Crippen LogP contribution in [0.25, 0.3) is 6.08 Å². The molecule has 0 bridgehead atoms. The van der Waals surface area contributed by atoms with Crippen LogP contribution in [0.4, 0.5) is 5.69 Å². The first-order valence-corrected chi connectivity index (χ1v) is 7.47. The predicted molar refractivity (Wildman–Crippen MR) is 86.1 cm³/mol. The molecular weight excluding hydrogens is 306 g/mol. The Labute approximate surface area is 134 Å². The molecule has 0 aliphatic heterocycles. The van der Waals surface area contributed by atoms with Crippen LogP contribution in [-0.4, -0.2) is 22.4 Å². The second-order valence-electron chi connectivity index (χ2n) is 4.99. The van der Waals surface area contributed by atoms with Gasteiger partial charge in [-0.1, -0.05) is 12.1 Å². The van der Waals surface area contributed by atoms with Crippen molar-refractivity contribution in [3.05, 3.63) is 45.0 Å². The minimum atomic E-state index is -0.484. The number of ketones is 2. The number of benzene rings is 1. The van der Waals surface area contributed by atoms with Crippen molar-refractivity contribution in [3.63, 3.8) is 0 Å². The number of nitrogens with zero attached hydrogens (tertiary/aromatic N) is 1. The largest absolute Gasteiger partial charge is 0.294 e. The van der Waals surface area contributed by atoms with Gasteiger partial charge in [-0.2, -0.15) is 0 Å². The molecular formula is C16H18ClNO4. The highest BCUT2D eigenvalue weighted by Crippen LogP contribution is 2.21. The van der Waals surface area contributed by atoms with Crippen LogP contribution >= 0.6 is 11.6 Å². The van der Waals surface area contributed by atoms with Gasteiger partial charge in [-0.25, -0.2) is 0 Å². The number of halogens is 1. The number of carbonyl (C=O) groups excluding carboxylic acids is 2. The van der Waals surface area contributed by atoms with Crippen LogP contribution in [0, 0.1) is 17.0 Å². The summed E-state index contributed by atoms with van der Waals surface area (Å²) in [6, 6.07) is 4.61. The van der Waals surface area contributed by atoms with E-state index < -0.39 is 4.92 Å². The number of aryl methyl sites for hydroxylation is 1. The minimum Gasteiger partial charge on any atom is -0.294 e. The summed E-state index contributed by atoms with van der Waals surface area (Å²) in [4.78, 5) is 34.2. The lowest BCUT2D eigenvalue weighted by atomic mass is 9.99. The molecule has 22 heavy (non-hydrogen) atoms. The average Bonchev–Trinajstić information content (AvgIpc) is 2.45. The molecule has 0 aliphatic rings. The summed E-state index contributed by atoms with van der Waals surface area (Å²) in [5.41, 5.74) is 1.02. The van der Waals surface area contributed by atoms with Crippen molar-refractivity contribution >= 4 is 34.9 Å². The first-order valence-electron chi connectivity index (χ1n) is 6.93. The fourth-order valence-corrected chi connectivity index (χ4v) is 2.16. The maximum atomic E-state index is 12.1. The number of Topliss-reactive ketones (excluding diaryl/α,β-unsaturated/α-hetero) is 2. The third-order valence-corrected chi connectivity index (χ3v) is 3.48. The fraction of sp³-hybridized carbons (Fsp3) is 0.375. The van der Waals surface area contributed by atoms with Crippen LogP contribution in [0.1, 0.15) is 37.3 Å². The smallest absolute Gasteiger partial charge is 0.272 e. The molecule has 1 rings (SSSR count). The molecule has 0 aliphatic carbocycles. The Hall–Kier alpha value is -2.01. The highest BCUT2D eigenvalue weighted by atomic mass is 35.5. The molecule has 0 spiro atoms. The monoisotopic (exact) mass is 323 g/mol. The van der Waals surface area contributed by atoms with Gasteiger partial charge in [-0.3, -0.25) is 19.7 Å². The molecule has 0 N–H and O–H groups in total. The van der Waals surface area contributed by atoms with E-state index in [0.29, 0.717) is 29.8 Å². The van der Waals surface area contributed by atoms with Crippen LogP contribution in [-0.2, 0) is 9.59 Å². The molecule has 0 saturated carbocycles. The molecule has 1 aromatic rings. The fourth-order valence-electron chi connectivity index (χ4n) is 1.97. The molecule has 118 valence electrons. The Morgan fingerprint density at radius 1 is 1.32 bits per heavy atom. The van der Waals surface area contributed by atoms with Gasteiger partial charge in [0.2, 0.25) is 0 Å². The van der Waals surface area contributed by atoms with E-state index in [1.54, 1.807) is 19.1 Å². The lowest BCUT2D eigenvalue weighted by Gasteiger charge is -2.04. The van der Waals surface area contributed by atoms with Crippen molar-refractivity contribution in [2.75, 3.05) is 5.88 Å². The number of nitro benzene ring substituents is 1. The standard InChI is InChI=1S/C16H18ClNO4/c1-11-6-7-13(10-15(11)18(21)22)9-14(12(2)19)16(20)5-3-4-8-17/h6-7,9-10H,3-5,8H2,1-2H3. The van der Waals surface area contributed by atoms with Crippen molar-refractivity contribution in [2.45, 2.75) is 33.1 Å². The van der Waals surface area contributed by atoms with Gasteiger partial charge >= 0.3 is 0 Å². The van der Waals surface area contributed by atoms with Crippen LogP contribution in [0.5, 0.6) is 0 Å². The summed E-state index contributed by atoms with van der Waals surface area (Å²) >= 11 is 5.56. The van der Waals surface area contributed by atoms with E-state index in [1.165, 1.54) is 19.1 Å². The zero-order valence-corrected chi connectivity index (χ0v) is 13.4. The molecule has 0 fully saturated rings. The number of unbranched alkanes of at least 4 members (excludes halogenated alkanes) is 1. The lowest BCUT2D eigenvalue weighted by molar-refractivity contribution is -0.385. The van der Waals surface area contributed by atoms with Gasteiger partial charge in [-0.15, -0.1) is 11.6 Å². The molecule has 0 atom stereocenters. The van der Waals surface area contributed by atoms with Crippen molar-refractivity contribution in [2.24, 2.45) is 0 Å². The summed E-state index contributed by atoms with van der Waals surface area (Å²) in [6.45, 7) is 2.95. The summed E-state index contributed by atoms with van der Waals surface area (Å²) < 4.78 is 0. The molecule has 5 nitrogen and oxygen atoms in total. The number of hydrogen-bond donors (Lipinski definition) is 0. The third-order valence-electron chi connectivity index (χ3n) is 3.21. The van der Waals surface area contributed by atoms with Crippen molar-refractivity contribution < 1.29 is 14.5 Å². The number of hydrogen-bond acceptors (Lipinski definition) is 4. The minimum absolute atomic E-state index is 0.0359. The first-order chi connectivity index (χ1) is 10.4. The molecule has 0 amide bonds. The Balaban J connectivity index is 3.08. The van der Waals surface area contributed by atoms with E-state index >= 15 is 0 Å². The highest BCUT2D eigenvalue weighted by Gasteiger charge is 2.16. The van der Waals surface area contributed by atoms with Gasteiger partial charge in [0.05, 0.1) is 10.5 Å². The van der Waals surface area contributed by atoms with Crippen molar-refractivity contribution in [1.82, 2.24) is 0 Å². The highest BCUT2D eigenvalue weighted by molar-refractivity contribution is 6.22. The molecule has 0 unspecified atom stereocenters. The van der Waals surface area contributed by atoms with Gasteiger partial charge in [0.1, 0.15) is 0 Å². The van der Waals surface area contributed by atoms with Crippen LogP contribution in [0.15, 0.2) is 23.8 Å². The molecule has 0 radical (unpaired) electrons. The zero-order valence-electron chi connectivity index (χ0n) is 12.6. The maximum absolute atomic E-state index is 12.1. The van der Waals surface area contributed by atoms with Crippen molar-refractivity contribution in [1.29, 1.82) is 0 Å². The van der Waals surface area contributed by atoms with Gasteiger partial charge in [0, 0.05) is 23.9 Å². The van der Waals surface area contributed by atoms with Crippen molar-refractivity contribution in [3.8, 4) is 0 Å². The Morgan fingerprint density at radius 3 is 2.55 bits per heavy atom. The predicted octanol–water partition coefficient (Wildman–Crippen LogP) is 3.85. The third kappa shape index (κ3) is 5.07. The Bertz CT molecular complexity index is 623. The normalized spacial score (nSPS) is 11.3. The number of carbonyl (C=O) groups is 2. The zero-order chi connectivity index (χ0) is 16.7. The summed E-state index contributed by atoms with van der Waals surface area (Å²) in [5, 5.41) is 10.9. The quantitative estimate of drug-likeness (QED) is 0.138. The lowest BCUT2D eigenvalue weighted by Crippen LogP contribution is -2.10. The van der Waals surface area contributed by atoms with E-state index in [1.807, 2.05) is 0 Å². The average molecular weight is 324 g/mol. The Morgan fingerprint density at radius 2 is 2.00 bits per heavy atom. The molecule has 1 aromatic carbocycles. The Kier molecular flexibility index (Phi) is 6.92. The van der Waals surface area contributed by atoms with Gasteiger partial charge in [0.15, 0.2) is 11.6 Å². The maximum Gasteiger partial charge on any atom is 0.272 e. The van der Waals surface area contributed by atoms with Crippen LogP contribution in [0.2, 0.25) is 0 Å². The second-order valence-corrected chi connectivity index (χ2v) is 5.36. The first kappa shape index (κ1) is 18.0. The molecule has 0 aromatic heterocycles.